The van der Waals surface area contributed by atoms with Gasteiger partial charge >= 0.3 is 0 Å². The minimum atomic E-state index is -0.0536. The van der Waals surface area contributed by atoms with Crippen molar-refractivity contribution in [2.45, 2.75) is 26.8 Å². The maximum absolute atomic E-state index is 11.0. The Morgan fingerprint density at radius 2 is 2.16 bits per heavy atom. The SMILES string of the molecule is Cc1cc(C(C)Nc2ncnc(Cl)c2C=O)c(C)o1. The van der Waals surface area contributed by atoms with Crippen molar-refractivity contribution < 1.29 is 9.21 Å². The van der Waals surface area contributed by atoms with Crippen molar-refractivity contribution in [3.05, 3.63) is 40.2 Å². The molecular weight excluding hydrogens is 266 g/mol. The number of furan rings is 1. The average molecular weight is 280 g/mol. The summed E-state index contributed by atoms with van der Waals surface area (Å²) in [6, 6.07) is 1.90. The van der Waals surface area contributed by atoms with Gasteiger partial charge in [-0.05, 0) is 26.8 Å². The molecule has 1 unspecified atom stereocenters. The number of nitrogens with one attached hydrogen (secondary N) is 1. The van der Waals surface area contributed by atoms with Gasteiger partial charge in [0, 0.05) is 5.56 Å². The van der Waals surface area contributed by atoms with E-state index in [1.165, 1.54) is 6.33 Å². The van der Waals surface area contributed by atoms with Crippen LogP contribution in [-0.4, -0.2) is 16.3 Å². The third-order valence-corrected chi connectivity index (χ3v) is 3.15. The molecule has 100 valence electrons. The zero-order valence-corrected chi connectivity index (χ0v) is 11.7. The lowest BCUT2D eigenvalue weighted by molar-refractivity contribution is 0.112. The number of anilines is 1. The van der Waals surface area contributed by atoms with E-state index in [1.807, 2.05) is 26.8 Å². The maximum Gasteiger partial charge on any atom is 0.156 e. The highest BCUT2D eigenvalue weighted by atomic mass is 35.5. The average Bonchev–Trinajstić information content (AvgIpc) is 2.69. The second kappa shape index (κ2) is 5.40. The summed E-state index contributed by atoms with van der Waals surface area (Å²) < 4.78 is 5.49. The summed E-state index contributed by atoms with van der Waals surface area (Å²) in [5, 5.41) is 3.28. The van der Waals surface area contributed by atoms with E-state index in [0.29, 0.717) is 12.1 Å². The summed E-state index contributed by atoms with van der Waals surface area (Å²) in [6.07, 6.45) is 1.96. The van der Waals surface area contributed by atoms with E-state index in [0.717, 1.165) is 17.1 Å². The lowest BCUT2D eigenvalue weighted by atomic mass is 10.1. The molecule has 0 spiro atoms. The number of hydrogen-bond donors (Lipinski definition) is 1. The van der Waals surface area contributed by atoms with Crippen LogP contribution in [0.2, 0.25) is 5.15 Å². The molecule has 6 heteroatoms. The van der Waals surface area contributed by atoms with Crippen LogP contribution in [0.4, 0.5) is 5.82 Å². The molecule has 0 saturated heterocycles. The normalized spacial score (nSPS) is 12.2. The van der Waals surface area contributed by atoms with Gasteiger partial charge in [-0.15, -0.1) is 0 Å². The van der Waals surface area contributed by atoms with E-state index >= 15 is 0 Å². The molecule has 0 aliphatic heterocycles. The maximum atomic E-state index is 11.0. The van der Waals surface area contributed by atoms with Gasteiger partial charge in [-0.1, -0.05) is 11.6 Å². The number of rotatable bonds is 4. The van der Waals surface area contributed by atoms with Gasteiger partial charge in [0.15, 0.2) is 6.29 Å². The van der Waals surface area contributed by atoms with E-state index in [4.69, 9.17) is 16.0 Å². The molecule has 0 aliphatic carbocycles. The summed E-state index contributed by atoms with van der Waals surface area (Å²) >= 11 is 5.85. The van der Waals surface area contributed by atoms with Crippen molar-refractivity contribution in [2.24, 2.45) is 0 Å². The van der Waals surface area contributed by atoms with Gasteiger partial charge in [-0.2, -0.15) is 0 Å². The molecule has 5 nitrogen and oxygen atoms in total. The molecule has 0 amide bonds. The molecule has 1 atom stereocenters. The molecule has 0 aromatic carbocycles. The number of carbonyl (C=O) groups is 1. The first-order chi connectivity index (χ1) is 9.02. The van der Waals surface area contributed by atoms with Crippen molar-refractivity contribution in [3.8, 4) is 0 Å². The predicted octanol–water partition coefficient (Wildman–Crippen LogP) is 3.33. The highest BCUT2D eigenvalue weighted by Crippen LogP contribution is 2.26. The van der Waals surface area contributed by atoms with E-state index in [1.54, 1.807) is 0 Å². The van der Waals surface area contributed by atoms with Crippen molar-refractivity contribution in [1.82, 2.24) is 9.97 Å². The molecule has 2 rings (SSSR count). The first-order valence-corrected chi connectivity index (χ1v) is 6.20. The number of aryl methyl sites for hydroxylation is 2. The number of halogens is 1. The molecule has 0 bridgehead atoms. The zero-order chi connectivity index (χ0) is 14.0. The van der Waals surface area contributed by atoms with Crippen molar-refractivity contribution in [1.29, 1.82) is 0 Å². The molecule has 0 saturated carbocycles. The van der Waals surface area contributed by atoms with Gasteiger partial charge in [0.2, 0.25) is 0 Å². The van der Waals surface area contributed by atoms with Crippen LogP contribution >= 0.6 is 11.6 Å². The van der Waals surface area contributed by atoms with Gasteiger partial charge < -0.3 is 9.73 Å². The Balaban J connectivity index is 2.29. The molecule has 0 radical (unpaired) electrons. The van der Waals surface area contributed by atoms with Crippen LogP contribution in [0.1, 0.15) is 40.4 Å². The fourth-order valence-corrected chi connectivity index (χ4v) is 2.13. The monoisotopic (exact) mass is 279 g/mol. The van der Waals surface area contributed by atoms with E-state index in [-0.39, 0.29) is 16.8 Å². The van der Waals surface area contributed by atoms with Crippen LogP contribution in [-0.2, 0) is 0 Å². The topological polar surface area (TPSA) is 68.0 Å². The molecule has 1 N–H and O–H groups in total. The number of hydrogen-bond acceptors (Lipinski definition) is 5. The van der Waals surface area contributed by atoms with Gasteiger partial charge in [0.25, 0.3) is 0 Å². The second-order valence-corrected chi connectivity index (χ2v) is 4.64. The molecular formula is C13H14ClN3O2. The van der Waals surface area contributed by atoms with Crippen molar-refractivity contribution in [2.75, 3.05) is 5.32 Å². The largest absolute Gasteiger partial charge is 0.466 e. The number of aldehydes is 1. The summed E-state index contributed by atoms with van der Waals surface area (Å²) in [7, 11) is 0. The predicted molar refractivity (Wildman–Crippen MR) is 72.6 cm³/mol. The van der Waals surface area contributed by atoms with Crippen molar-refractivity contribution in [3.63, 3.8) is 0 Å². The summed E-state index contributed by atoms with van der Waals surface area (Å²) in [6.45, 7) is 5.75. The summed E-state index contributed by atoms with van der Waals surface area (Å²) in [5.74, 6) is 2.10. The lowest BCUT2D eigenvalue weighted by Crippen LogP contribution is -2.10. The smallest absolute Gasteiger partial charge is 0.156 e. The van der Waals surface area contributed by atoms with Crippen LogP contribution in [0.15, 0.2) is 16.8 Å². The van der Waals surface area contributed by atoms with Gasteiger partial charge in [-0.3, -0.25) is 4.79 Å². The first-order valence-electron chi connectivity index (χ1n) is 5.82. The molecule has 2 aromatic rings. The Morgan fingerprint density at radius 3 is 2.74 bits per heavy atom. The van der Waals surface area contributed by atoms with E-state index in [2.05, 4.69) is 15.3 Å². The number of aromatic nitrogens is 2. The zero-order valence-electron chi connectivity index (χ0n) is 10.9. The van der Waals surface area contributed by atoms with Crippen LogP contribution in [0.5, 0.6) is 0 Å². The molecule has 0 fully saturated rings. The third-order valence-electron chi connectivity index (χ3n) is 2.85. The minimum Gasteiger partial charge on any atom is -0.466 e. The van der Waals surface area contributed by atoms with E-state index in [9.17, 15) is 4.79 Å². The van der Waals surface area contributed by atoms with Crippen molar-refractivity contribution >= 4 is 23.7 Å². The van der Waals surface area contributed by atoms with E-state index < -0.39 is 0 Å². The highest BCUT2D eigenvalue weighted by molar-refractivity contribution is 6.32. The van der Waals surface area contributed by atoms with Crippen LogP contribution in [0.25, 0.3) is 0 Å². The van der Waals surface area contributed by atoms with Gasteiger partial charge in [0.1, 0.15) is 28.8 Å². The molecule has 0 aliphatic rings. The van der Waals surface area contributed by atoms with Crippen LogP contribution in [0.3, 0.4) is 0 Å². The highest BCUT2D eigenvalue weighted by Gasteiger charge is 2.16. The summed E-state index contributed by atoms with van der Waals surface area (Å²) in [5.41, 5.74) is 1.28. The minimum absolute atomic E-state index is 0.0536. The van der Waals surface area contributed by atoms with Gasteiger partial charge in [-0.25, -0.2) is 9.97 Å². The number of carbonyl (C=O) groups excluding carboxylic acids is 1. The molecule has 19 heavy (non-hydrogen) atoms. The third kappa shape index (κ3) is 2.76. The Bertz CT molecular complexity index is 610. The second-order valence-electron chi connectivity index (χ2n) is 4.28. The fourth-order valence-electron chi connectivity index (χ4n) is 1.96. The summed E-state index contributed by atoms with van der Waals surface area (Å²) in [4.78, 5) is 18.8. The quantitative estimate of drug-likeness (QED) is 0.687. The Kier molecular flexibility index (Phi) is 3.85. The standard InChI is InChI=1S/C13H14ClN3O2/c1-7-4-10(9(3)19-7)8(2)17-13-11(5-18)12(14)15-6-16-13/h4-6,8H,1-3H3,(H,15,16,17). The Labute approximate surface area is 116 Å². The number of nitrogens with zero attached hydrogens (tertiary/aromatic N) is 2. The van der Waals surface area contributed by atoms with Gasteiger partial charge in [0.05, 0.1) is 11.6 Å². The molecule has 2 aromatic heterocycles. The fraction of sp³-hybridized carbons (Fsp3) is 0.308. The van der Waals surface area contributed by atoms with Crippen LogP contribution < -0.4 is 5.32 Å². The first kappa shape index (κ1) is 13.5. The Hall–Kier alpha value is -1.88. The lowest BCUT2D eigenvalue weighted by Gasteiger charge is -2.15. The Morgan fingerprint density at radius 1 is 1.42 bits per heavy atom. The van der Waals surface area contributed by atoms with Crippen LogP contribution in [0, 0.1) is 13.8 Å². The molecule has 2 heterocycles.